The van der Waals surface area contributed by atoms with Crippen molar-refractivity contribution in [2.75, 3.05) is 12.4 Å². The minimum absolute atomic E-state index is 0.110. The molecule has 5 nitrogen and oxygen atoms in total. The molecule has 0 bridgehead atoms. The Hall–Kier alpha value is -2.83. The summed E-state index contributed by atoms with van der Waals surface area (Å²) in [5.74, 6) is -2.17. The Morgan fingerprint density at radius 3 is 2.62 bits per heavy atom. The number of H-pyrrole nitrogens is 1. The van der Waals surface area contributed by atoms with E-state index in [1.54, 1.807) is 7.05 Å². The van der Waals surface area contributed by atoms with E-state index in [-0.39, 0.29) is 5.56 Å². The van der Waals surface area contributed by atoms with Gasteiger partial charge in [0.05, 0.1) is 16.5 Å². The Morgan fingerprint density at radius 2 is 1.95 bits per heavy atom. The van der Waals surface area contributed by atoms with E-state index in [4.69, 9.17) is 0 Å². The van der Waals surface area contributed by atoms with E-state index >= 15 is 0 Å². The molecule has 0 aliphatic carbocycles. The molecule has 0 aliphatic heterocycles. The lowest BCUT2D eigenvalue weighted by molar-refractivity contribution is 0.103. The number of ketones is 1. The molecule has 106 valence electrons. The van der Waals surface area contributed by atoms with Crippen LogP contribution in [0.5, 0.6) is 0 Å². The van der Waals surface area contributed by atoms with Crippen LogP contribution in [0, 0.1) is 11.6 Å². The maximum atomic E-state index is 13.8. The average molecular weight is 288 g/mol. The van der Waals surface area contributed by atoms with Crippen molar-refractivity contribution in [2.45, 2.75) is 0 Å². The molecule has 7 heteroatoms. The van der Waals surface area contributed by atoms with Crippen LogP contribution in [0.2, 0.25) is 0 Å². The summed E-state index contributed by atoms with van der Waals surface area (Å²) < 4.78 is 27.5. The first-order valence-corrected chi connectivity index (χ1v) is 6.12. The molecule has 2 heterocycles. The van der Waals surface area contributed by atoms with Gasteiger partial charge in [0.15, 0.2) is 0 Å². The van der Waals surface area contributed by atoms with Crippen LogP contribution in [0.15, 0.2) is 30.7 Å². The zero-order valence-electron chi connectivity index (χ0n) is 10.9. The highest BCUT2D eigenvalue weighted by atomic mass is 19.1. The van der Waals surface area contributed by atoms with Gasteiger partial charge in [0.1, 0.15) is 29.4 Å². The topological polar surface area (TPSA) is 70.7 Å². The van der Waals surface area contributed by atoms with Crippen molar-refractivity contribution >= 4 is 22.6 Å². The number of carbonyl (C=O) groups excluding carboxylic acids is 1. The van der Waals surface area contributed by atoms with E-state index in [2.05, 4.69) is 20.3 Å². The fourth-order valence-electron chi connectivity index (χ4n) is 2.18. The van der Waals surface area contributed by atoms with Gasteiger partial charge in [-0.3, -0.25) is 4.79 Å². The Kier molecular flexibility index (Phi) is 3.09. The maximum absolute atomic E-state index is 13.8. The summed E-state index contributed by atoms with van der Waals surface area (Å²) in [6.07, 6.45) is 2.69. The summed E-state index contributed by atoms with van der Waals surface area (Å²) in [5, 5.41) is 3.22. The van der Waals surface area contributed by atoms with Crippen molar-refractivity contribution in [3.05, 3.63) is 53.5 Å². The van der Waals surface area contributed by atoms with E-state index in [1.165, 1.54) is 18.6 Å². The normalized spacial score (nSPS) is 10.8. The predicted octanol–water partition coefficient (Wildman–Crippen LogP) is 2.51. The molecule has 0 saturated carbocycles. The molecule has 0 radical (unpaired) electrons. The lowest BCUT2D eigenvalue weighted by atomic mass is 10.0. The van der Waals surface area contributed by atoms with E-state index < -0.39 is 23.0 Å². The van der Waals surface area contributed by atoms with E-state index in [0.717, 1.165) is 12.1 Å². The number of anilines is 1. The van der Waals surface area contributed by atoms with Crippen molar-refractivity contribution in [1.29, 1.82) is 0 Å². The number of nitrogens with zero attached hydrogens (tertiary/aromatic N) is 2. The number of rotatable bonds is 3. The van der Waals surface area contributed by atoms with Crippen LogP contribution in [0.1, 0.15) is 15.9 Å². The number of hydrogen-bond acceptors (Lipinski definition) is 4. The number of fused-ring (bicyclic) bond motifs is 1. The third-order valence-electron chi connectivity index (χ3n) is 3.14. The molecule has 2 aromatic heterocycles. The fraction of sp³-hybridized carbons (Fsp3) is 0.0714. The largest absolute Gasteiger partial charge is 0.372 e. The minimum Gasteiger partial charge on any atom is -0.372 e. The van der Waals surface area contributed by atoms with Crippen LogP contribution < -0.4 is 5.32 Å². The summed E-state index contributed by atoms with van der Waals surface area (Å²) in [4.78, 5) is 23.2. The van der Waals surface area contributed by atoms with Gasteiger partial charge in [0.2, 0.25) is 5.78 Å². The van der Waals surface area contributed by atoms with E-state index in [0.29, 0.717) is 16.9 Å². The summed E-state index contributed by atoms with van der Waals surface area (Å²) in [6, 6.07) is 3.29. The average Bonchev–Trinajstić information content (AvgIpc) is 2.90. The number of aromatic amines is 1. The Morgan fingerprint density at radius 1 is 1.24 bits per heavy atom. The van der Waals surface area contributed by atoms with E-state index in [1.807, 2.05) is 0 Å². The van der Waals surface area contributed by atoms with Crippen molar-refractivity contribution in [3.8, 4) is 0 Å². The van der Waals surface area contributed by atoms with Crippen LogP contribution in [-0.2, 0) is 0 Å². The molecule has 3 aromatic rings. The molecule has 0 saturated heterocycles. The molecule has 0 atom stereocenters. The summed E-state index contributed by atoms with van der Waals surface area (Å²) >= 11 is 0. The lowest BCUT2D eigenvalue weighted by Crippen LogP contribution is -2.08. The van der Waals surface area contributed by atoms with Gasteiger partial charge < -0.3 is 10.3 Å². The van der Waals surface area contributed by atoms with Crippen LogP contribution in [0.25, 0.3) is 11.0 Å². The maximum Gasteiger partial charge on any atom is 0.201 e. The zero-order valence-corrected chi connectivity index (χ0v) is 10.9. The number of aromatic nitrogens is 3. The van der Waals surface area contributed by atoms with Crippen molar-refractivity contribution in [1.82, 2.24) is 15.0 Å². The predicted molar refractivity (Wildman–Crippen MR) is 73.2 cm³/mol. The lowest BCUT2D eigenvalue weighted by Gasteiger charge is -2.05. The van der Waals surface area contributed by atoms with Gasteiger partial charge in [0, 0.05) is 13.2 Å². The number of nitrogens with one attached hydrogen (secondary N) is 2. The molecule has 2 N–H and O–H groups in total. The second-order valence-electron chi connectivity index (χ2n) is 4.32. The molecule has 0 spiro atoms. The molecule has 0 aliphatic rings. The molecule has 0 amide bonds. The molecule has 21 heavy (non-hydrogen) atoms. The first-order valence-electron chi connectivity index (χ1n) is 6.12. The third-order valence-corrected chi connectivity index (χ3v) is 3.14. The van der Waals surface area contributed by atoms with Crippen LogP contribution in [0.4, 0.5) is 14.6 Å². The number of hydrogen-bond donors (Lipinski definition) is 2. The number of benzene rings is 1. The molecule has 1 aromatic carbocycles. The second-order valence-corrected chi connectivity index (χ2v) is 4.32. The molecular weight excluding hydrogens is 278 g/mol. The van der Waals surface area contributed by atoms with Gasteiger partial charge in [-0.2, -0.15) is 0 Å². The first-order chi connectivity index (χ1) is 10.1. The smallest absolute Gasteiger partial charge is 0.201 e. The van der Waals surface area contributed by atoms with E-state index in [9.17, 15) is 13.6 Å². The number of carbonyl (C=O) groups is 1. The van der Waals surface area contributed by atoms with Crippen molar-refractivity contribution in [3.63, 3.8) is 0 Å². The van der Waals surface area contributed by atoms with Crippen molar-refractivity contribution < 1.29 is 13.6 Å². The van der Waals surface area contributed by atoms with Gasteiger partial charge in [-0.1, -0.05) is 6.07 Å². The molecule has 0 fully saturated rings. The van der Waals surface area contributed by atoms with Crippen molar-refractivity contribution in [2.24, 2.45) is 0 Å². The molecular formula is C14H10F2N4O. The third kappa shape index (κ3) is 2.03. The van der Waals surface area contributed by atoms with Gasteiger partial charge >= 0.3 is 0 Å². The monoisotopic (exact) mass is 288 g/mol. The SMILES string of the molecule is CNc1ncnc2[nH]cc(C(=O)c3c(F)cccc3F)c12. The van der Waals surface area contributed by atoms with Crippen LogP contribution >= 0.6 is 0 Å². The second kappa shape index (κ2) is 4.93. The quantitative estimate of drug-likeness (QED) is 0.726. The molecule has 3 rings (SSSR count). The van der Waals surface area contributed by atoms with Gasteiger partial charge in [-0.25, -0.2) is 18.7 Å². The summed E-state index contributed by atoms with van der Waals surface area (Å²) in [5.41, 5.74) is -0.0716. The first kappa shape index (κ1) is 13.2. The van der Waals surface area contributed by atoms with Gasteiger partial charge in [0.25, 0.3) is 0 Å². The van der Waals surface area contributed by atoms with Crippen LogP contribution in [-0.4, -0.2) is 27.8 Å². The molecule has 0 unspecified atom stereocenters. The summed E-state index contributed by atoms with van der Waals surface area (Å²) in [6.45, 7) is 0. The van der Waals surface area contributed by atoms with Gasteiger partial charge in [-0.15, -0.1) is 0 Å². The van der Waals surface area contributed by atoms with Gasteiger partial charge in [-0.05, 0) is 12.1 Å². The summed E-state index contributed by atoms with van der Waals surface area (Å²) in [7, 11) is 1.63. The Bertz CT molecular complexity index is 824. The fourth-order valence-corrected chi connectivity index (χ4v) is 2.18. The minimum atomic E-state index is -0.905. The highest BCUT2D eigenvalue weighted by molar-refractivity contribution is 6.18. The Labute approximate surface area is 118 Å². The Balaban J connectivity index is 2.24. The zero-order chi connectivity index (χ0) is 15.0. The number of halogens is 2. The standard InChI is InChI=1S/C14H10F2N4O/c1-17-13-10-7(5-18-14(10)20-6-19-13)12(21)11-8(15)3-2-4-9(11)16/h2-6H,1H3,(H2,17,18,19,20). The highest BCUT2D eigenvalue weighted by Crippen LogP contribution is 2.26. The van der Waals surface area contributed by atoms with Crippen LogP contribution in [0.3, 0.4) is 0 Å². The highest BCUT2D eigenvalue weighted by Gasteiger charge is 2.23.